The normalized spacial score (nSPS) is 17.3. The summed E-state index contributed by atoms with van der Waals surface area (Å²) in [7, 11) is 1.35. The SMILES string of the molecule is CNC(=O)Oc1ccc(NC(=O)c2cc(NC(=O)C3C(c4cc(Cl)cc(Cl)c4)C3(Cl)Cl)ccc2Cl)c(F)c1. The molecule has 38 heavy (non-hydrogen) atoms. The molecule has 3 N–H and O–H groups in total. The van der Waals surface area contributed by atoms with E-state index in [4.69, 9.17) is 62.7 Å². The van der Waals surface area contributed by atoms with Gasteiger partial charge in [-0.25, -0.2) is 9.18 Å². The summed E-state index contributed by atoms with van der Waals surface area (Å²) in [6, 6.07) is 12.5. The predicted octanol–water partition coefficient (Wildman–Crippen LogP) is 7.28. The molecule has 13 heteroatoms. The summed E-state index contributed by atoms with van der Waals surface area (Å²) in [6.45, 7) is 0. The Balaban J connectivity index is 1.48. The maximum absolute atomic E-state index is 14.5. The minimum atomic E-state index is -1.39. The molecule has 0 radical (unpaired) electrons. The molecule has 3 aromatic carbocycles. The number of alkyl halides is 2. The molecule has 4 rings (SSSR count). The third kappa shape index (κ3) is 6.11. The van der Waals surface area contributed by atoms with Gasteiger partial charge in [-0.05, 0) is 54.1 Å². The summed E-state index contributed by atoms with van der Waals surface area (Å²) >= 11 is 31.1. The van der Waals surface area contributed by atoms with E-state index >= 15 is 0 Å². The molecular formula is C25H17Cl5FN3O4. The standard InChI is InChI=1S/C25H17Cl5FN3O4/c1-32-24(37)38-15-3-5-19(18(31)10-15)34-22(35)16-9-14(2-4-17(16)28)33-23(36)21-20(25(21,29)30)11-6-12(26)8-13(27)7-11/h2-10,20-21H,1H3,(H,32,37)(H,33,36)(H,34,35). The van der Waals surface area contributed by atoms with Crippen LogP contribution in [0.1, 0.15) is 21.8 Å². The summed E-state index contributed by atoms with van der Waals surface area (Å²) < 4.78 is 17.9. The molecule has 3 aromatic rings. The average molecular weight is 620 g/mol. The highest BCUT2D eigenvalue weighted by atomic mass is 35.5. The zero-order valence-electron chi connectivity index (χ0n) is 19.3. The Labute approximate surface area is 241 Å². The Morgan fingerprint density at radius 3 is 2.24 bits per heavy atom. The van der Waals surface area contributed by atoms with Gasteiger partial charge in [-0.1, -0.05) is 34.8 Å². The third-order valence-corrected chi connectivity index (χ3v) is 7.37. The van der Waals surface area contributed by atoms with Crippen LogP contribution in [0.15, 0.2) is 54.6 Å². The zero-order valence-corrected chi connectivity index (χ0v) is 23.0. The first-order valence-corrected chi connectivity index (χ1v) is 12.7. The van der Waals surface area contributed by atoms with Gasteiger partial charge in [-0.3, -0.25) is 9.59 Å². The number of hydrogen-bond donors (Lipinski definition) is 3. The molecule has 3 amide bonds. The quantitative estimate of drug-likeness (QED) is 0.253. The number of nitrogens with one attached hydrogen (secondary N) is 3. The van der Waals surface area contributed by atoms with Crippen LogP contribution >= 0.6 is 58.0 Å². The number of hydrogen-bond acceptors (Lipinski definition) is 4. The van der Waals surface area contributed by atoms with E-state index in [0.29, 0.717) is 15.6 Å². The van der Waals surface area contributed by atoms with Gasteiger partial charge in [0.05, 0.1) is 22.2 Å². The fraction of sp³-hybridized carbons (Fsp3) is 0.160. The summed E-state index contributed by atoms with van der Waals surface area (Å²) in [5.41, 5.74) is 0.627. The Morgan fingerprint density at radius 1 is 0.921 bits per heavy atom. The second-order valence-electron chi connectivity index (χ2n) is 8.25. The average Bonchev–Trinajstić information content (AvgIpc) is 3.43. The van der Waals surface area contributed by atoms with Gasteiger partial charge in [0.1, 0.15) is 15.9 Å². The van der Waals surface area contributed by atoms with Crippen molar-refractivity contribution in [3.63, 3.8) is 0 Å². The van der Waals surface area contributed by atoms with Crippen LogP contribution in [0.2, 0.25) is 15.1 Å². The largest absolute Gasteiger partial charge is 0.412 e. The smallest absolute Gasteiger partial charge is 0.410 e. The van der Waals surface area contributed by atoms with E-state index in [1.165, 1.54) is 37.4 Å². The van der Waals surface area contributed by atoms with Gasteiger partial charge >= 0.3 is 6.09 Å². The Kier molecular flexibility index (Phi) is 8.30. The van der Waals surface area contributed by atoms with Crippen LogP contribution < -0.4 is 20.7 Å². The van der Waals surface area contributed by atoms with Gasteiger partial charge in [0.25, 0.3) is 5.91 Å². The van der Waals surface area contributed by atoms with Crippen LogP contribution in [-0.2, 0) is 4.79 Å². The maximum Gasteiger partial charge on any atom is 0.412 e. The van der Waals surface area contributed by atoms with Crippen LogP contribution in [0.25, 0.3) is 0 Å². The number of halogens is 6. The van der Waals surface area contributed by atoms with Crippen molar-refractivity contribution in [2.24, 2.45) is 5.92 Å². The van der Waals surface area contributed by atoms with Gasteiger partial charge in [0.15, 0.2) is 0 Å². The van der Waals surface area contributed by atoms with Crippen molar-refractivity contribution in [2.45, 2.75) is 10.3 Å². The molecule has 0 aromatic heterocycles. The van der Waals surface area contributed by atoms with Crippen molar-refractivity contribution in [3.8, 4) is 5.75 Å². The second kappa shape index (κ2) is 11.2. The first kappa shape index (κ1) is 28.3. The van der Waals surface area contributed by atoms with Crippen molar-refractivity contribution in [1.29, 1.82) is 0 Å². The number of benzene rings is 3. The Bertz CT molecular complexity index is 1430. The molecule has 0 bridgehead atoms. The molecule has 2 unspecified atom stereocenters. The number of amides is 3. The van der Waals surface area contributed by atoms with E-state index in [1.54, 1.807) is 18.2 Å². The summed E-state index contributed by atoms with van der Waals surface area (Å²) in [6.07, 6.45) is -0.777. The molecule has 0 aliphatic heterocycles. The molecule has 0 spiro atoms. The summed E-state index contributed by atoms with van der Waals surface area (Å²) in [5, 5.41) is 8.11. The minimum Gasteiger partial charge on any atom is -0.410 e. The van der Waals surface area contributed by atoms with Crippen molar-refractivity contribution < 1.29 is 23.5 Å². The van der Waals surface area contributed by atoms with Crippen LogP contribution in [0.4, 0.5) is 20.6 Å². The number of ether oxygens (including phenoxy) is 1. The highest BCUT2D eigenvalue weighted by molar-refractivity contribution is 6.53. The van der Waals surface area contributed by atoms with E-state index in [1.807, 2.05) is 0 Å². The van der Waals surface area contributed by atoms with E-state index in [9.17, 15) is 18.8 Å². The predicted molar refractivity (Wildman–Crippen MR) is 147 cm³/mol. The van der Waals surface area contributed by atoms with E-state index in [-0.39, 0.29) is 27.7 Å². The Morgan fingerprint density at radius 2 is 1.61 bits per heavy atom. The molecule has 1 saturated carbocycles. The minimum absolute atomic E-state index is 0.0356. The van der Waals surface area contributed by atoms with Gasteiger partial charge in [-0.15, -0.1) is 23.2 Å². The van der Waals surface area contributed by atoms with E-state index < -0.39 is 39.9 Å². The summed E-state index contributed by atoms with van der Waals surface area (Å²) in [5.74, 6) is -3.53. The van der Waals surface area contributed by atoms with Crippen LogP contribution in [0.5, 0.6) is 5.75 Å². The van der Waals surface area contributed by atoms with Crippen molar-refractivity contribution >= 4 is 87.3 Å². The lowest BCUT2D eigenvalue weighted by Gasteiger charge is -2.11. The monoisotopic (exact) mass is 617 g/mol. The molecule has 1 aliphatic rings. The van der Waals surface area contributed by atoms with E-state index in [0.717, 1.165) is 6.07 Å². The van der Waals surface area contributed by atoms with Crippen molar-refractivity contribution in [2.75, 3.05) is 17.7 Å². The van der Waals surface area contributed by atoms with Crippen LogP contribution in [0, 0.1) is 11.7 Å². The lowest BCUT2D eigenvalue weighted by Crippen LogP contribution is -2.22. The van der Waals surface area contributed by atoms with Gasteiger partial charge in [-0.2, -0.15) is 0 Å². The topological polar surface area (TPSA) is 96.5 Å². The first-order valence-electron chi connectivity index (χ1n) is 10.9. The number of carbonyl (C=O) groups is 3. The van der Waals surface area contributed by atoms with Gasteiger partial charge < -0.3 is 20.7 Å². The van der Waals surface area contributed by atoms with Gasteiger partial charge in [0.2, 0.25) is 5.91 Å². The summed E-state index contributed by atoms with van der Waals surface area (Å²) in [4.78, 5) is 37.1. The molecule has 1 aliphatic carbocycles. The zero-order chi connectivity index (χ0) is 27.8. The highest BCUT2D eigenvalue weighted by Crippen LogP contribution is 2.65. The molecule has 198 valence electrons. The molecule has 7 nitrogen and oxygen atoms in total. The second-order valence-corrected chi connectivity index (χ2v) is 11.0. The van der Waals surface area contributed by atoms with Crippen LogP contribution in [0.3, 0.4) is 0 Å². The van der Waals surface area contributed by atoms with Crippen molar-refractivity contribution in [3.05, 3.63) is 86.6 Å². The molecule has 0 heterocycles. The maximum atomic E-state index is 14.5. The fourth-order valence-electron chi connectivity index (χ4n) is 3.83. The lowest BCUT2D eigenvalue weighted by atomic mass is 10.1. The lowest BCUT2D eigenvalue weighted by molar-refractivity contribution is -0.117. The molecule has 1 fully saturated rings. The molecular weight excluding hydrogens is 603 g/mol. The fourth-order valence-corrected chi connectivity index (χ4v) is 5.40. The van der Waals surface area contributed by atoms with Crippen molar-refractivity contribution in [1.82, 2.24) is 5.32 Å². The molecule has 2 atom stereocenters. The molecule has 0 saturated heterocycles. The third-order valence-electron chi connectivity index (χ3n) is 5.66. The van der Waals surface area contributed by atoms with E-state index in [2.05, 4.69) is 16.0 Å². The Hall–Kier alpha value is -2.75. The first-order chi connectivity index (χ1) is 17.9. The highest BCUT2D eigenvalue weighted by Gasteiger charge is 2.67. The van der Waals surface area contributed by atoms with Crippen LogP contribution in [-0.4, -0.2) is 29.3 Å². The van der Waals surface area contributed by atoms with Gasteiger partial charge in [0, 0.05) is 34.8 Å². The number of rotatable bonds is 6. The number of carbonyl (C=O) groups excluding carboxylic acids is 3. The number of anilines is 2.